The van der Waals surface area contributed by atoms with Gasteiger partial charge in [0, 0.05) is 0 Å². The molecule has 3 nitrogen and oxygen atoms in total. The molecule has 0 bridgehead atoms. The molecule has 0 fully saturated rings. The molecule has 1 amide bonds. The van der Waals surface area contributed by atoms with E-state index in [9.17, 15) is 4.79 Å². The summed E-state index contributed by atoms with van der Waals surface area (Å²) in [4.78, 5) is 10.9. The summed E-state index contributed by atoms with van der Waals surface area (Å²) in [5.74, 6) is 0. The minimum atomic E-state index is -0.976. The summed E-state index contributed by atoms with van der Waals surface area (Å²) in [6, 6.07) is 10.1. The number of nitrogens with one attached hydrogen (secondary N) is 1. The monoisotopic (exact) mass is 243 g/mol. The molecule has 0 saturated heterocycles. The lowest BCUT2D eigenvalue weighted by atomic mass is 9.82. The lowest BCUT2D eigenvalue weighted by molar-refractivity contribution is 0.183. The largest absolute Gasteiger partial charge is 0.465 e. The van der Waals surface area contributed by atoms with Gasteiger partial charge in [0.05, 0.1) is 5.54 Å². The first kappa shape index (κ1) is 12.4. The quantitative estimate of drug-likeness (QED) is 0.854. The summed E-state index contributed by atoms with van der Waals surface area (Å²) in [7, 11) is 0. The van der Waals surface area contributed by atoms with Gasteiger partial charge in [-0.3, -0.25) is 0 Å². The lowest BCUT2D eigenvalue weighted by Crippen LogP contribution is -2.46. The van der Waals surface area contributed by atoms with Gasteiger partial charge in [0.1, 0.15) is 0 Å². The third-order valence-corrected chi connectivity index (χ3v) is 3.35. The predicted octanol–water partition coefficient (Wildman–Crippen LogP) is 3.45. The summed E-state index contributed by atoms with van der Waals surface area (Å²) >= 11 is 0. The number of carboxylic acid groups (broad SMARTS) is 1. The van der Waals surface area contributed by atoms with Gasteiger partial charge in [-0.15, -0.1) is 0 Å². The van der Waals surface area contributed by atoms with E-state index in [1.54, 1.807) is 0 Å². The Morgan fingerprint density at radius 1 is 1.39 bits per heavy atom. The fourth-order valence-electron chi connectivity index (χ4n) is 2.29. The molecule has 94 valence electrons. The van der Waals surface area contributed by atoms with Gasteiger partial charge < -0.3 is 10.4 Å². The number of benzene rings is 1. The van der Waals surface area contributed by atoms with Crippen molar-refractivity contribution in [3.8, 4) is 0 Å². The second kappa shape index (κ2) is 5.08. The Morgan fingerprint density at radius 3 is 2.72 bits per heavy atom. The fourth-order valence-corrected chi connectivity index (χ4v) is 2.29. The molecule has 3 heteroatoms. The van der Waals surface area contributed by atoms with Crippen LogP contribution in [0.5, 0.6) is 0 Å². The van der Waals surface area contributed by atoms with Gasteiger partial charge in [0.2, 0.25) is 0 Å². The van der Waals surface area contributed by atoms with Crippen LogP contribution in [0, 0.1) is 0 Å². The van der Waals surface area contributed by atoms with Gasteiger partial charge in [-0.2, -0.15) is 0 Å². The Morgan fingerprint density at radius 2 is 2.11 bits per heavy atom. The van der Waals surface area contributed by atoms with E-state index in [1.165, 1.54) is 0 Å². The van der Waals surface area contributed by atoms with Gasteiger partial charge in [-0.25, -0.2) is 4.79 Å². The van der Waals surface area contributed by atoms with Crippen LogP contribution in [0.15, 0.2) is 48.6 Å². The topological polar surface area (TPSA) is 49.3 Å². The zero-order valence-electron chi connectivity index (χ0n) is 10.4. The number of hydrogen-bond donors (Lipinski definition) is 2. The lowest BCUT2D eigenvalue weighted by Gasteiger charge is -2.32. The van der Waals surface area contributed by atoms with Gasteiger partial charge in [-0.1, -0.05) is 55.5 Å². The molecular weight excluding hydrogens is 226 g/mol. The minimum Gasteiger partial charge on any atom is -0.465 e. The van der Waals surface area contributed by atoms with E-state index in [1.807, 2.05) is 55.5 Å². The van der Waals surface area contributed by atoms with Crippen LogP contribution in [0.4, 0.5) is 4.79 Å². The van der Waals surface area contributed by atoms with Crippen LogP contribution in [0.2, 0.25) is 0 Å². The van der Waals surface area contributed by atoms with Gasteiger partial charge in [-0.05, 0) is 24.0 Å². The van der Waals surface area contributed by atoms with Crippen LogP contribution in [-0.2, 0) is 0 Å². The molecule has 0 radical (unpaired) electrons. The predicted molar refractivity (Wildman–Crippen MR) is 72.4 cm³/mol. The second-order valence-electron chi connectivity index (χ2n) is 4.53. The molecule has 1 unspecified atom stereocenters. The maximum Gasteiger partial charge on any atom is 0.405 e. The molecule has 2 rings (SSSR count). The Balaban J connectivity index is 2.25. The normalized spacial score (nSPS) is 22.4. The molecule has 0 spiro atoms. The van der Waals surface area contributed by atoms with Crippen molar-refractivity contribution in [1.82, 2.24) is 5.32 Å². The first-order chi connectivity index (χ1) is 8.65. The minimum absolute atomic E-state index is 0.480. The zero-order chi connectivity index (χ0) is 13.0. The van der Waals surface area contributed by atoms with E-state index >= 15 is 0 Å². The molecule has 18 heavy (non-hydrogen) atoms. The van der Waals surface area contributed by atoms with Crippen LogP contribution in [0.3, 0.4) is 0 Å². The molecule has 1 aliphatic rings. The number of carbonyl (C=O) groups is 1. The fraction of sp³-hybridized carbons (Fsp3) is 0.267. The third kappa shape index (κ3) is 2.62. The highest BCUT2D eigenvalue weighted by Crippen LogP contribution is 2.32. The highest BCUT2D eigenvalue weighted by Gasteiger charge is 2.30. The first-order valence-corrected chi connectivity index (χ1v) is 6.10. The van der Waals surface area contributed by atoms with E-state index in [2.05, 4.69) is 5.32 Å². The molecule has 1 aromatic carbocycles. The SMILES string of the molecule is CCC1(NC(=O)O)C=CC=C(c2ccccc2)C1. The van der Waals surface area contributed by atoms with Crippen molar-refractivity contribution in [2.45, 2.75) is 25.3 Å². The van der Waals surface area contributed by atoms with Crippen molar-refractivity contribution in [2.75, 3.05) is 0 Å². The number of allylic oxidation sites excluding steroid dienone is 2. The summed E-state index contributed by atoms with van der Waals surface area (Å²) in [6.45, 7) is 1.99. The molecular formula is C15H17NO2. The van der Waals surface area contributed by atoms with Crippen molar-refractivity contribution in [3.05, 3.63) is 54.1 Å². The Bertz CT molecular complexity index is 490. The van der Waals surface area contributed by atoms with E-state index < -0.39 is 11.6 Å². The molecule has 0 aliphatic heterocycles. The summed E-state index contributed by atoms with van der Waals surface area (Å²) in [5.41, 5.74) is 1.83. The van der Waals surface area contributed by atoms with Gasteiger partial charge >= 0.3 is 6.09 Å². The Labute approximate surface area is 107 Å². The van der Waals surface area contributed by atoms with Crippen molar-refractivity contribution in [2.24, 2.45) is 0 Å². The maximum absolute atomic E-state index is 10.9. The molecule has 0 saturated carbocycles. The summed E-state index contributed by atoms with van der Waals surface area (Å²) in [6.07, 6.45) is 6.37. The standard InChI is InChI=1S/C15H17NO2/c1-2-15(16-14(17)18)10-6-9-13(11-15)12-7-4-3-5-8-12/h3-10,16H,2,11H2,1H3,(H,17,18). The zero-order valence-corrected chi connectivity index (χ0v) is 10.4. The van der Waals surface area contributed by atoms with Crippen LogP contribution in [-0.4, -0.2) is 16.7 Å². The van der Waals surface area contributed by atoms with E-state index in [4.69, 9.17) is 5.11 Å². The van der Waals surface area contributed by atoms with Gasteiger partial charge in [0.15, 0.2) is 0 Å². The average molecular weight is 243 g/mol. The summed E-state index contributed by atoms with van der Waals surface area (Å²) in [5, 5.41) is 11.6. The Kier molecular flexibility index (Phi) is 3.51. The van der Waals surface area contributed by atoms with Crippen LogP contribution >= 0.6 is 0 Å². The molecule has 0 aromatic heterocycles. The molecule has 2 N–H and O–H groups in total. The van der Waals surface area contributed by atoms with Crippen LogP contribution < -0.4 is 5.32 Å². The van der Waals surface area contributed by atoms with Crippen LogP contribution in [0.1, 0.15) is 25.3 Å². The molecule has 1 atom stereocenters. The van der Waals surface area contributed by atoms with E-state index in [0.29, 0.717) is 6.42 Å². The number of amides is 1. The van der Waals surface area contributed by atoms with E-state index in [0.717, 1.165) is 17.6 Å². The highest BCUT2D eigenvalue weighted by molar-refractivity contribution is 5.73. The molecule has 1 aliphatic carbocycles. The molecule has 1 aromatic rings. The third-order valence-electron chi connectivity index (χ3n) is 3.35. The van der Waals surface area contributed by atoms with Crippen LogP contribution in [0.25, 0.3) is 5.57 Å². The number of rotatable bonds is 3. The Hall–Kier alpha value is -2.03. The number of hydrogen-bond acceptors (Lipinski definition) is 1. The average Bonchev–Trinajstić information content (AvgIpc) is 2.39. The second-order valence-corrected chi connectivity index (χ2v) is 4.53. The van der Waals surface area contributed by atoms with Crippen molar-refractivity contribution in [1.29, 1.82) is 0 Å². The summed E-state index contributed by atoms with van der Waals surface area (Å²) < 4.78 is 0. The first-order valence-electron chi connectivity index (χ1n) is 6.10. The van der Waals surface area contributed by atoms with Gasteiger partial charge in [0.25, 0.3) is 0 Å². The highest BCUT2D eigenvalue weighted by atomic mass is 16.4. The van der Waals surface area contributed by atoms with E-state index in [-0.39, 0.29) is 0 Å². The smallest absolute Gasteiger partial charge is 0.405 e. The van der Waals surface area contributed by atoms with Crippen molar-refractivity contribution in [3.63, 3.8) is 0 Å². The maximum atomic E-state index is 10.9. The molecule has 0 heterocycles. The van der Waals surface area contributed by atoms with Crippen molar-refractivity contribution >= 4 is 11.7 Å². The van der Waals surface area contributed by atoms with Crippen molar-refractivity contribution < 1.29 is 9.90 Å².